The number of hydrogen-bond donors (Lipinski definition) is 2. The summed E-state index contributed by atoms with van der Waals surface area (Å²) in [7, 11) is -3.76. The third-order valence-corrected chi connectivity index (χ3v) is 5.53. The first-order chi connectivity index (χ1) is 12.8. The van der Waals surface area contributed by atoms with Gasteiger partial charge in [0, 0.05) is 22.7 Å². The molecule has 0 saturated carbocycles. The van der Waals surface area contributed by atoms with Gasteiger partial charge in [0.1, 0.15) is 6.54 Å². The molecule has 140 valence electrons. The van der Waals surface area contributed by atoms with Gasteiger partial charge in [-0.2, -0.15) is 13.5 Å². The van der Waals surface area contributed by atoms with Gasteiger partial charge in [-0.05, 0) is 43.2 Å². The van der Waals surface area contributed by atoms with Crippen molar-refractivity contribution in [3.63, 3.8) is 0 Å². The fourth-order valence-corrected chi connectivity index (χ4v) is 3.65. The first-order valence-electron chi connectivity index (χ1n) is 8.26. The van der Waals surface area contributed by atoms with Gasteiger partial charge in [0.05, 0.1) is 11.1 Å². The van der Waals surface area contributed by atoms with Gasteiger partial charge in [0.15, 0.2) is 0 Å². The quantitative estimate of drug-likeness (QED) is 0.502. The average Bonchev–Trinajstić information content (AvgIpc) is 2.94. The van der Waals surface area contributed by atoms with E-state index in [2.05, 4.69) is 9.93 Å². The lowest BCUT2D eigenvalue weighted by Crippen LogP contribution is -2.18. The maximum absolute atomic E-state index is 12.4. The van der Waals surface area contributed by atoms with Crippen molar-refractivity contribution >= 4 is 33.0 Å². The SMILES string of the molecule is Cc1ccc(S(=O)(=O)N/N=C/c2cn(CC(N)=O)c3ccccc23)cc1C. The smallest absolute Gasteiger partial charge is 0.276 e. The molecule has 0 bridgehead atoms. The minimum atomic E-state index is -3.76. The lowest BCUT2D eigenvalue weighted by molar-refractivity contribution is -0.118. The summed E-state index contributed by atoms with van der Waals surface area (Å²) >= 11 is 0. The van der Waals surface area contributed by atoms with E-state index in [0.717, 1.165) is 22.0 Å². The van der Waals surface area contributed by atoms with Crippen molar-refractivity contribution in [1.29, 1.82) is 0 Å². The lowest BCUT2D eigenvalue weighted by Gasteiger charge is -2.06. The Morgan fingerprint density at radius 3 is 2.63 bits per heavy atom. The minimum absolute atomic E-state index is 0.0305. The van der Waals surface area contributed by atoms with Crippen molar-refractivity contribution in [2.75, 3.05) is 0 Å². The van der Waals surface area contributed by atoms with E-state index in [1.54, 1.807) is 29.0 Å². The van der Waals surface area contributed by atoms with E-state index < -0.39 is 15.9 Å². The van der Waals surface area contributed by atoms with Gasteiger partial charge in [-0.15, -0.1) is 0 Å². The molecule has 0 spiro atoms. The highest BCUT2D eigenvalue weighted by atomic mass is 32.2. The third kappa shape index (κ3) is 4.01. The topological polar surface area (TPSA) is 107 Å². The molecule has 1 heterocycles. The molecule has 0 saturated heterocycles. The van der Waals surface area contributed by atoms with Crippen LogP contribution in [-0.4, -0.2) is 25.1 Å². The van der Waals surface area contributed by atoms with Crippen LogP contribution in [0, 0.1) is 13.8 Å². The first kappa shape index (κ1) is 18.7. The number of nitrogens with zero attached hydrogens (tertiary/aromatic N) is 2. The van der Waals surface area contributed by atoms with Crippen LogP contribution in [0.2, 0.25) is 0 Å². The molecule has 1 aromatic heterocycles. The summed E-state index contributed by atoms with van der Waals surface area (Å²) in [6.45, 7) is 3.80. The second-order valence-electron chi connectivity index (χ2n) is 6.29. The Morgan fingerprint density at radius 1 is 1.19 bits per heavy atom. The average molecular weight is 384 g/mol. The zero-order valence-corrected chi connectivity index (χ0v) is 15.8. The van der Waals surface area contributed by atoms with E-state index in [9.17, 15) is 13.2 Å². The normalized spacial score (nSPS) is 11.9. The van der Waals surface area contributed by atoms with Gasteiger partial charge in [0.25, 0.3) is 10.0 Å². The molecule has 0 fully saturated rings. The van der Waals surface area contributed by atoms with E-state index in [4.69, 9.17) is 5.73 Å². The van der Waals surface area contributed by atoms with Crippen LogP contribution in [0.5, 0.6) is 0 Å². The van der Waals surface area contributed by atoms with E-state index in [0.29, 0.717) is 5.56 Å². The number of amides is 1. The molecule has 3 rings (SSSR count). The molecule has 0 aliphatic heterocycles. The summed E-state index contributed by atoms with van der Waals surface area (Å²) in [6.07, 6.45) is 3.13. The molecule has 0 atom stereocenters. The number of para-hydroxylation sites is 1. The molecule has 7 nitrogen and oxygen atoms in total. The van der Waals surface area contributed by atoms with Crippen LogP contribution in [0.1, 0.15) is 16.7 Å². The Balaban J connectivity index is 1.88. The van der Waals surface area contributed by atoms with Crippen molar-refractivity contribution in [3.8, 4) is 0 Å². The summed E-state index contributed by atoms with van der Waals surface area (Å²) in [5, 5.41) is 4.73. The number of fused-ring (bicyclic) bond motifs is 1. The van der Waals surface area contributed by atoms with E-state index in [1.165, 1.54) is 6.21 Å². The maximum Gasteiger partial charge on any atom is 0.276 e. The van der Waals surface area contributed by atoms with Crippen molar-refractivity contribution < 1.29 is 13.2 Å². The predicted molar refractivity (Wildman–Crippen MR) is 105 cm³/mol. The number of rotatable bonds is 6. The zero-order chi connectivity index (χ0) is 19.6. The van der Waals surface area contributed by atoms with Gasteiger partial charge >= 0.3 is 0 Å². The van der Waals surface area contributed by atoms with Gasteiger partial charge in [-0.3, -0.25) is 4.79 Å². The lowest BCUT2D eigenvalue weighted by atomic mass is 10.1. The summed E-state index contributed by atoms with van der Waals surface area (Å²) < 4.78 is 26.5. The number of hydrogen-bond acceptors (Lipinski definition) is 4. The molecule has 0 aliphatic rings. The highest BCUT2D eigenvalue weighted by Gasteiger charge is 2.14. The van der Waals surface area contributed by atoms with Crippen LogP contribution in [0.3, 0.4) is 0 Å². The Labute approximate surface area is 157 Å². The molecule has 0 aliphatic carbocycles. The molecule has 1 amide bonds. The highest BCUT2D eigenvalue weighted by Crippen LogP contribution is 2.20. The van der Waals surface area contributed by atoms with Crippen molar-refractivity contribution in [1.82, 2.24) is 9.40 Å². The molecular weight excluding hydrogens is 364 g/mol. The summed E-state index contributed by atoms with van der Waals surface area (Å²) in [5.74, 6) is -0.463. The van der Waals surface area contributed by atoms with Crippen molar-refractivity contribution in [2.24, 2.45) is 10.8 Å². The largest absolute Gasteiger partial charge is 0.368 e. The van der Waals surface area contributed by atoms with Crippen molar-refractivity contribution in [2.45, 2.75) is 25.3 Å². The minimum Gasteiger partial charge on any atom is -0.368 e. The molecular formula is C19H20N4O3S. The number of sulfonamides is 1. The number of benzene rings is 2. The van der Waals surface area contributed by atoms with Gasteiger partial charge in [-0.25, -0.2) is 4.83 Å². The van der Waals surface area contributed by atoms with Gasteiger partial charge in [0.2, 0.25) is 5.91 Å². The Bertz CT molecular complexity index is 1150. The number of aromatic nitrogens is 1. The fraction of sp³-hybridized carbons (Fsp3) is 0.158. The molecule has 27 heavy (non-hydrogen) atoms. The van der Waals surface area contributed by atoms with Crippen LogP contribution in [0.4, 0.5) is 0 Å². The fourth-order valence-electron chi connectivity index (χ4n) is 2.78. The standard InChI is InChI=1S/C19H20N4O3S/c1-13-7-8-16(9-14(13)2)27(25,26)22-21-10-15-11-23(12-19(20)24)18-6-4-3-5-17(15)18/h3-11,22H,12H2,1-2H3,(H2,20,24)/b21-10+. The molecule has 2 aromatic carbocycles. The number of primary amides is 1. The second kappa shape index (κ2) is 7.24. The van der Waals surface area contributed by atoms with Crippen LogP contribution in [0.15, 0.2) is 58.7 Å². The maximum atomic E-state index is 12.4. The number of nitrogens with two attached hydrogens (primary N) is 1. The number of carbonyl (C=O) groups is 1. The Kier molecular flexibility index (Phi) is 5.00. The highest BCUT2D eigenvalue weighted by molar-refractivity contribution is 7.89. The third-order valence-electron chi connectivity index (χ3n) is 4.31. The number of aryl methyl sites for hydroxylation is 2. The van der Waals surface area contributed by atoms with Gasteiger partial charge < -0.3 is 10.3 Å². The van der Waals surface area contributed by atoms with Crippen LogP contribution in [0.25, 0.3) is 10.9 Å². The molecule has 0 unspecified atom stereocenters. The molecule has 3 N–H and O–H groups in total. The van der Waals surface area contributed by atoms with Crippen LogP contribution >= 0.6 is 0 Å². The Hall–Kier alpha value is -3.13. The number of hydrazone groups is 1. The van der Waals surface area contributed by atoms with E-state index in [-0.39, 0.29) is 11.4 Å². The van der Waals surface area contributed by atoms with Crippen molar-refractivity contribution in [3.05, 3.63) is 65.4 Å². The monoisotopic (exact) mass is 384 g/mol. The molecule has 3 aromatic rings. The van der Waals surface area contributed by atoms with Crippen LogP contribution < -0.4 is 10.6 Å². The number of nitrogens with one attached hydrogen (secondary N) is 1. The summed E-state index contributed by atoms with van der Waals surface area (Å²) in [4.78, 5) is 13.6. The van der Waals surface area contributed by atoms with E-state index >= 15 is 0 Å². The molecule has 8 heteroatoms. The summed E-state index contributed by atoms with van der Waals surface area (Å²) in [5.41, 5.74) is 8.67. The molecule has 0 radical (unpaired) electrons. The Morgan fingerprint density at radius 2 is 1.93 bits per heavy atom. The van der Waals surface area contributed by atoms with E-state index in [1.807, 2.05) is 38.1 Å². The van der Waals surface area contributed by atoms with Crippen LogP contribution in [-0.2, 0) is 21.4 Å². The summed E-state index contributed by atoms with van der Waals surface area (Å²) in [6, 6.07) is 12.3. The predicted octanol–water partition coefficient (Wildman–Crippen LogP) is 2.06. The second-order valence-corrected chi connectivity index (χ2v) is 7.96. The zero-order valence-electron chi connectivity index (χ0n) is 15.0. The first-order valence-corrected chi connectivity index (χ1v) is 9.74. The van der Waals surface area contributed by atoms with Gasteiger partial charge in [-0.1, -0.05) is 24.3 Å². The number of carbonyl (C=O) groups excluding carboxylic acids is 1.